The molecular formula is C19H15N3O3. The van der Waals surface area contributed by atoms with Crippen molar-refractivity contribution in [3.8, 4) is 11.5 Å². The van der Waals surface area contributed by atoms with E-state index in [1.54, 1.807) is 18.3 Å². The number of non-ortho nitro benzene ring substituents is 1. The number of hydrogen-bond donors (Lipinski definition) is 1. The molecule has 0 saturated carbocycles. The molecule has 0 aliphatic heterocycles. The highest BCUT2D eigenvalue weighted by Gasteiger charge is 2.02. The minimum atomic E-state index is -0.438. The van der Waals surface area contributed by atoms with Gasteiger partial charge in [-0.25, -0.2) is 0 Å². The molecule has 0 fully saturated rings. The summed E-state index contributed by atoms with van der Waals surface area (Å²) < 4.78 is 5.72. The van der Waals surface area contributed by atoms with E-state index in [2.05, 4.69) is 10.5 Å². The molecule has 25 heavy (non-hydrogen) atoms. The number of ether oxygens (including phenoxy) is 1. The van der Waals surface area contributed by atoms with E-state index in [9.17, 15) is 10.1 Å². The first-order chi connectivity index (χ1) is 12.2. The van der Waals surface area contributed by atoms with Crippen molar-refractivity contribution in [2.75, 3.05) is 5.43 Å². The minimum Gasteiger partial charge on any atom is -0.457 e. The molecule has 124 valence electrons. The first kappa shape index (κ1) is 16.2. The third-order valence-electron chi connectivity index (χ3n) is 3.34. The number of nitrogens with zero attached hydrogens (tertiary/aromatic N) is 2. The molecule has 0 aliphatic rings. The Morgan fingerprint density at radius 3 is 2.16 bits per heavy atom. The van der Waals surface area contributed by atoms with Crippen molar-refractivity contribution in [2.45, 2.75) is 0 Å². The fraction of sp³-hybridized carbons (Fsp3) is 0. The van der Waals surface area contributed by atoms with E-state index in [1.165, 1.54) is 12.1 Å². The molecule has 0 radical (unpaired) electrons. The third kappa shape index (κ3) is 4.65. The molecule has 0 heterocycles. The maximum absolute atomic E-state index is 10.6. The van der Waals surface area contributed by atoms with Crippen LogP contribution < -0.4 is 10.2 Å². The van der Waals surface area contributed by atoms with E-state index >= 15 is 0 Å². The SMILES string of the molecule is O=[N+]([O-])c1ccc(NN=Cc2ccc(Oc3ccccc3)cc2)cc1. The van der Waals surface area contributed by atoms with Crippen LogP contribution in [0.25, 0.3) is 0 Å². The van der Waals surface area contributed by atoms with Crippen LogP contribution in [-0.2, 0) is 0 Å². The van der Waals surface area contributed by atoms with Crippen LogP contribution in [-0.4, -0.2) is 11.1 Å². The topological polar surface area (TPSA) is 76.8 Å². The zero-order valence-electron chi connectivity index (χ0n) is 13.2. The second kappa shape index (κ2) is 7.74. The van der Waals surface area contributed by atoms with E-state index in [4.69, 9.17) is 4.74 Å². The van der Waals surface area contributed by atoms with Gasteiger partial charge in [0, 0.05) is 12.1 Å². The lowest BCUT2D eigenvalue weighted by Gasteiger charge is -2.05. The predicted molar refractivity (Wildman–Crippen MR) is 97.3 cm³/mol. The highest BCUT2D eigenvalue weighted by molar-refractivity contribution is 5.80. The van der Waals surface area contributed by atoms with Gasteiger partial charge in [-0.1, -0.05) is 18.2 Å². The lowest BCUT2D eigenvalue weighted by Crippen LogP contribution is -1.92. The van der Waals surface area contributed by atoms with Gasteiger partial charge in [0.25, 0.3) is 5.69 Å². The lowest BCUT2D eigenvalue weighted by atomic mass is 10.2. The summed E-state index contributed by atoms with van der Waals surface area (Å²) in [6, 6.07) is 23.1. The van der Waals surface area contributed by atoms with Crippen LogP contribution in [0.1, 0.15) is 5.56 Å². The molecule has 0 bridgehead atoms. The maximum Gasteiger partial charge on any atom is 0.269 e. The fourth-order valence-corrected chi connectivity index (χ4v) is 2.09. The average Bonchev–Trinajstić information content (AvgIpc) is 2.64. The van der Waals surface area contributed by atoms with Gasteiger partial charge in [-0.2, -0.15) is 5.10 Å². The van der Waals surface area contributed by atoms with Gasteiger partial charge in [-0.15, -0.1) is 0 Å². The number of rotatable bonds is 6. The molecule has 0 spiro atoms. The summed E-state index contributed by atoms with van der Waals surface area (Å²) in [5, 5.41) is 14.7. The summed E-state index contributed by atoms with van der Waals surface area (Å²) in [5.74, 6) is 1.52. The molecule has 0 aromatic heterocycles. The van der Waals surface area contributed by atoms with Gasteiger partial charge >= 0.3 is 0 Å². The van der Waals surface area contributed by atoms with Crippen LogP contribution in [0.2, 0.25) is 0 Å². The Labute approximate surface area is 144 Å². The molecule has 0 amide bonds. The number of nitro groups is 1. The van der Waals surface area contributed by atoms with Gasteiger partial charge in [0.2, 0.25) is 0 Å². The smallest absolute Gasteiger partial charge is 0.269 e. The summed E-state index contributed by atoms with van der Waals surface area (Å²) in [6.45, 7) is 0. The van der Waals surface area contributed by atoms with Crippen molar-refractivity contribution in [1.82, 2.24) is 0 Å². The van der Waals surface area contributed by atoms with Crippen molar-refractivity contribution in [2.24, 2.45) is 5.10 Å². The number of benzene rings is 3. The van der Waals surface area contributed by atoms with Crippen LogP contribution >= 0.6 is 0 Å². The summed E-state index contributed by atoms with van der Waals surface area (Å²) in [5.41, 5.74) is 4.44. The normalized spacial score (nSPS) is 10.6. The molecule has 0 atom stereocenters. The van der Waals surface area contributed by atoms with Gasteiger partial charge in [-0.05, 0) is 54.1 Å². The van der Waals surface area contributed by atoms with Gasteiger partial charge in [-0.3, -0.25) is 15.5 Å². The Hall–Kier alpha value is -3.67. The molecule has 0 unspecified atom stereocenters. The van der Waals surface area contributed by atoms with Crippen molar-refractivity contribution >= 4 is 17.6 Å². The Balaban J connectivity index is 1.57. The van der Waals surface area contributed by atoms with Crippen LogP contribution in [0.4, 0.5) is 11.4 Å². The third-order valence-corrected chi connectivity index (χ3v) is 3.34. The summed E-state index contributed by atoms with van der Waals surface area (Å²) in [7, 11) is 0. The van der Waals surface area contributed by atoms with Gasteiger partial charge in [0.05, 0.1) is 16.8 Å². The van der Waals surface area contributed by atoms with Crippen molar-refractivity contribution in [1.29, 1.82) is 0 Å². The van der Waals surface area contributed by atoms with Crippen LogP contribution in [0.3, 0.4) is 0 Å². The molecule has 3 rings (SSSR count). The first-order valence-corrected chi connectivity index (χ1v) is 7.57. The second-order valence-corrected chi connectivity index (χ2v) is 5.16. The quantitative estimate of drug-likeness (QED) is 0.398. The lowest BCUT2D eigenvalue weighted by molar-refractivity contribution is -0.384. The van der Waals surface area contributed by atoms with E-state index in [-0.39, 0.29) is 5.69 Å². The average molecular weight is 333 g/mol. The Morgan fingerprint density at radius 2 is 1.52 bits per heavy atom. The molecule has 3 aromatic carbocycles. The van der Waals surface area contributed by atoms with E-state index in [0.29, 0.717) is 5.69 Å². The molecule has 6 heteroatoms. The molecule has 0 saturated heterocycles. The monoisotopic (exact) mass is 333 g/mol. The molecule has 0 aliphatic carbocycles. The molecular weight excluding hydrogens is 318 g/mol. The van der Waals surface area contributed by atoms with Gasteiger partial charge < -0.3 is 4.74 Å². The predicted octanol–water partition coefficient (Wildman–Crippen LogP) is 4.83. The zero-order chi connectivity index (χ0) is 17.5. The standard InChI is InChI=1S/C19H15N3O3/c23-22(24)17-10-8-16(9-11-17)21-20-14-15-6-12-19(13-7-15)25-18-4-2-1-3-5-18/h1-14,21H. The molecule has 6 nitrogen and oxygen atoms in total. The van der Waals surface area contributed by atoms with Crippen molar-refractivity contribution in [3.63, 3.8) is 0 Å². The molecule has 3 aromatic rings. The highest BCUT2D eigenvalue weighted by atomic mass is 16.6. The van der Waals surface area contributed by atoms with Gasteiger partial charge in [0.1, 0.15) is 11.5 Å². The summed E-state index contributed by atoms with van der Waals surface area (Å²) in [6.07, 6.45) is 1.66. The number of para-hydroxylation sites is 1. The van der Waals surface area contributed by atoms with Crippen LogP contribution in [0.5, 0.6) is 11.5 Å². The van der Waals surface area contributed by atoms with Crippen LogP contribution in [0, 0.1) is 10.1 Å². The summed E-state index contributed by atoms with van der Waals surface area (Å²) in [4.78, 5) is 10.2. The van der Waals surface area contributed by atoms with E-state index < -0.39 is 4.92 Å². The fourth-order valence-electron chi connectivity index (χ4n) is 2.09. The molecule has 1 N–H and O–H groups in total. The maximum atomic E-state index is 10.6. The Kier molecular flexibility index (Phi) is 5.01. The number of hydrazone groups is 1. The number of nitro benzene ring substituents is 1. The van der Waals surface area contributed by atoms with Crippen molar-refractivity contribution in [3.05, 3.63) is 94.5 Å². The number of hydrogen-bond acceptors (Lipinski definition) is 5. The Bertz CT molecular complexity index is 861. The summed E-state index contributed by atoms with van der Waals surface area (Å²) >= 11 is 0. The second-order valence-electron chi connectivity index (χ2n) is 5.16. The Morgan fingerprint density at radius 1 is 0.880 bits per heavy atom. The number of nitrogens with one attached hydrogen (secondary N) is 1. The minimum absolute atomic E-state index is 0.0449. The zero-order valence-corrected chi connectivity index (χ0v) is 13.2. The first-order valence-electron chi connectivity index (χ1n) is 7.57. The largest absolute Gasteiger partial charge is 0.457 e. The number of anilines is 1. The van der Waals surface area contributed by atoms with E-state index in [0.717, 1.165) is 17.1 Å². The van der Waals surface area contributed by atoms with Crippen molar-refractivity contribution < 1.29 is 9.66 Å². The van der Waals surface area contributed by atoms with Crippen LogP contribution in [0.15, 0.2) is 84.0 Å². The van der Waals surface area contributed by atoms with E-state index in [1.807, 2.05) is 54.6 Å². The highest BCUT2D eigenvalue weighted by Crippen LogP contribution is 2.20. The van der Waals surface area contributed by atoms with Gasteiger partial charge in [0.15, 0.2) is 0 Å².